The lowest BCUT2D eigenvalue weighted by atomic mass is 10.2. The van der Waals surface area contributed by atoms with Crippen molar-refractivity contribution in [1.82, 2.24) is 9.88 Å². The van der Waals surface area contributed by atoms with Crippen LogP contribution in [0.3, 0.4) is 0 Å². The number of carbonyl (C=O) groups is 1. The van der Waals surface area contributed by atoms with Crippen LogP contribution in [0.4, 0.5) is 0 Å². The Morgan fingerprint density at radius 3 is 2.56 bits per heavy atom. The fourth-order valence-corrected chi connectivity index (χ4v) is 1.85. The van der Waals surface area contributed by atoms with Gasteiger partial charge < -0.3 is 4.90 Å². The Morgan fingerprint density at radius 1 is 1.44 bits per heavy atom. The molecular weight excluding hydrogens is 232 g/mol. The van der Waals surface area contributed by atoms with E-state index in [1.54, 1.807) is 0 Å². The first-order valence-corrected chi connectivity index (χ1v) is 5.78. The van der Waals surface area contributed by atoms with Gasteiger partial charge in [-0.05, 0) is 12.1 Å². The van der Waals surface area contributed by atoms with E-state index in [4.69, 9.17) is 0 Å². The SMILES string of the molecule is COS(=O)(=O)c1ncccc1C(=O)N(C)C. The summed E-state index contributed by atoms with van der Waals surface area (Å²) in [6.45, 7) is 0. The maximum atomic E-state index is 11.7. The Hall–Kier alpha value is -1.47. The van der Waals surface area contributed by atoms with Crippen LogP contribution in [0.1, 0.15) is 10.4 Å². The van der Waals surface area contributed by atoms with Crippen LogP contribution in [0.2, 0.25) is 0 Å². The molecule has 0 radical (unpaired) electrons. The summed E-state index contributed by atoms with van der Waals surface area (Å²) in [6, 6.07) is 2.88. The second kappa shape index (κ2) is 4.58. The van der Waals surface area contributed by atoms with E-state index >= 15 is 0 Å². The van der Waals surface area contributed by atoms with E-state index in [0.29, 0.717) is 0 Å². The molecule has 0 unspecified atom stereocenters. The molecule has 1 rings (SSSR count). The highest BCUT2D eigenvalue weighted by Gasteiger charge is 2.24. The largest absolute Gasteiger partial charge is 0.345 e. The van der Waals surface area contributed by atoms with Gasteiger partial charge in [0, 0.05) is 20.3 Å². The summed E-state index contributed by atoms with van der Waals surface area (Å²) < 4.78 is 27.3. The lowest BCUT2D eigenvalue weighted by Crippen LogP contribution is -2.24. The molecular formula is C9H12N2O4S. The molecule has 1 aromatic heterocycles. The summed E-state index contributed by atoms with van der Waals surface area (Å²) >= 11 is 0. The number of amides is 1. The zero-order valence-electron chi connectivity index (χ0n) is 9.17. The van der Waals surface area contributed by atoms with E-state index in [0.717, 1.165) is 7.11 Å². The molecule has 0 saturated carbocycles. The minimum atomic E-state index is -3.97. The maximum absolute atomic E-state index is 11.7. The van der Waals surface area contributed by atoms with Gasteiger partial charge in [-0.3, -0.25) is 8.98 Å². The molecule has 0 N–H and O–H groups in total. The second-order valence-electron chi connectivity index (χ2n) is 3.18. The van der Waals surface area contributed by atoms with Gasteiger partial charge in [-0.1, -0.05) is 0 Å². The van der Waals surface area contributed by atoms with Gasteiger partial charge in [-0.2, -0.15) is 8.42 Å². The number of hydrogen-bond acceptors (Lipinski definition) is 5. The fraction of sp³-hybridized carbons (Fsp3) is 0.333. The summed E-state index contributed by atoms with van der Waals surface area (Å²) in [4.78, 5) is 16.6. The van der Waals surface area contributed by atoms with Crippen molar-refractivity contribution in [2.45, 2.75) is 5.03 Å². The van der Waals surface area contributed by atoms with Crippen molar-refractivity contribution in [2.24, 2.45) is 0 Å². The van der Waals surface area contributed by atoms with Gasteiger partial charge in [0.2, 0.25) is 0 Å². The van der Waals surface area contributed by atoms with Crippen molar-refractivity contribution >= 4 is 16.0 Å². The minimum Gasteiger partial charge on any atom is -0.345 e. The molecule has 0 aliphatic carbocycles. The lowest BCUT2D eigenvalue weighted by Gasteiger charge is -2.12. The molecule has 1 amide bonds. The van der Waals surface area contributed by atoms with E-state index < -0.39 is 16.0 Å². The van der Waals surface area contributed by atoms with Crippen LogP contribution in [0.5, 0.6) is 0 Å². The van der Waals surface area contributed by atoms with Crippen molar-refractivity contribution in [2.75, 3.05) is 21.2 Å². The molecule has 0 aliphatic heterocycles. The average molecular weight is 244 g/mol. The summed E-state index contributed by atoms with van der Waals surface area (Å²) in [5.74, 6) is -0.441. The predicted molar refractivity (Wildman–Crippen MR) is 56.4 cm³/mol. The van der Waals surface area contributed by atoms with Gasteiger partial charge in [0.05, 0.1) is 12.7 Å². The van der Waals surface area contributed by atoms with Crippen LogP contribution in [0.15, 0.2) is 23.4 Å². The Balaban J connectivity index is 3.38. The smallest absolute Gasteiger partial charge is 0.315 e. The summed E-state index contributed by atoms with van der Waals surface area (Å²) in [6.07, 6.45) is 1.29. The molecule has 6 nitrogen and oxygen atoms in total. The number of rotatable bonds is 3. The van der Waals surface area contributed by atoms with Gasteiger partial charge >= 0.3 is 10.1 Å². The van der Waals surface area contributed by atoms with E-state index in [9.17, 15) is 13.2 Å². The van der Waals surface area contributed by atoms with Gasteiger partial charge in [0.15, 0.2) is 5.03 Å². The van der Waals surface area contributed by atoms with Crippen molar-refractivity contribution in [3.8, 4) is 0 Å². The van der Waals surface area contributed by atoms with E-state index in [1.165, 1.54) is 37.3 Å². The normalized spacial score (nSPS) is 11.2. The van der Waals surface area contributed by atoms with Crippen LogP contribution < -0.4 is 0 Å². The van der Waals surface area contributed by atoms with E-state index in [2.05, 4.69) is 9.17 Å². The maximum Gasteiger partial charge on any atom is 0.315 e. The fourth-order valence-electron chi connectivity index (χ4n) is 1.07. The molecule has 7 heteroatoms. The van der Waals surface area contributed by atoms with Crippen LogP contribution in [0.25, 0.3) is 0 Å². The third-order valence-electron chi connectivity index (χ3n) is 1.86. The number of nitrogens with zero attached hydrogens (tertiary/aromatic N) is 2. The Kier molecular flexibility index (Phi) is 3.61. The average Bonchev–Trinajstić information content (AvgIpc) is 2.28. The van der Waals surface area contributed by atoms with Gasteiger partial charge in [-0.15, -0.1) is 0 Å². The molecule has 0 fully saturated rings. The van der Waals surface area contributed by atoms with Crippen LogP contribution in [-0.2, 0) is 14.3 Å². The van der Waals surface area contributed by atoms with Crippen LogP contribution >= 0.6 is 0 Å². The highest BCUT2D eigenvalue weighted by Crippen LogP contribution is 2.15. The monoisotopic (exact) mass is 244 g/mol. The summed E-state index contributed by atoms with van der Waals surface area (Å²) in [5, 5.41) is -0.365. The first kappa shape index (κ1) is 12.6. The first-order chi connectivity index (χ1) is 7.40. The lowest BCUT2D eigenvalue weighted by molar-refractivity contribution is 0.0822. The molecule has 88 valence electrons. The van der Waals surface area contributed by atoms with Crippen molar-refractivity contribution in [1.29, 1.82) is 0 Å². The first-order valence-electron chi connectivity index (χ1n) is 4.37. The van der Waals surface area contributed by atoms with Crippen LogP contribution in [-0.4, -0.2) is 45.4 Å². The number of carbonyl (C=O) groups excluding carboxylic acids is 1. The molecule has 0 aliphatic rings. The third-order valence-corrected chi connectivity index (χ3v) is 3.10. The molecule has 0 aromatic carbocycles. The number of hydrogen-bond donors (Lipinski definition) is 0. The highest BCUT2D eigenvalue weighted by molar-refractivity contribution is 7.86. The quantitative estimate of drug-likeness (QED) is 0.706. The molecule has 0 bridgehead atoms. The zero-order chi connectivity index (χ0) is 12.3. The molecule has 0 spiro atoms. The van der Waals surface area contributed by atoms with Gasteiger partial charge in [0.1, 0.15) is 0 Å². The second-order valence-corrected chi connectivity index (χ2v) is 4.80. The summed E-state index contributed by atoms with van der Waals surface area (Å²) in [5.41, 5.74) is -0.00523. The topological polar surface area (TPSA) is 76.6 Å². The molecule has 1 heterocycles. The minimum absolute atomic E-state index is 0.00523. The molecule has 0 saturated heterocycles. The molecule has 1 aromatic rings. The van der Waals surface area contributed by atoms with Crippen molar-refractivity contribution in [3.05, 3.63) is 23.9 Å². The number of aromatic nitrogens is 1. The zero-order valence-corrected chi connectivity index (χ0v) is 9.98. The Labute approximate surface area is 94.0 Å². The van der Waals surface area contributed by atoms with Crippen molar-refractivity contribution in [3.63, 3.8) is 0 Å². The van der Waals surface area contributed by atoms with E-state index in [-0.39, 0.29) is 10.6 Å². The van der Waals surface area contributed by atoms with Gasteiger partial charge in [-0.25, -0.2) is 4.98 Å². The number of pyridine rings is 1. The third kappa shape index (κ3) is 2.37. The van der Waals surface area contributed by atoms with Crippen LogP contribution in [0, 0.1) is 0 Å². The molecule has 0 atom stereocenters. The Bertz CT molecular complexity index is 496. The summed E-state index contributed by atoms with van der Waals surface area (Å²) in [7, 11) is 0.108. The predicted octanol–water partition coefficient (Wildman–Crippen LogP) is 0.119. The highest BCUT2D eigenvalue weighted by atomic mass is 32.2. The van der Waals surface area contributed by atoms with Gasteiger partial charge in [0.25, 0.3) is 5.91 Å². The Morgan fingerprint density at radius 2 is 2.06 bits per heavy atom. The standard InChI is InChI=1S/C9H12N2O4S/c1-11(2)9(12)7-5-4-6-10-8(7)16(13,14)15-3/h4-6H,1-3H3. The van der Waals surface area contributed by atoms with E-state index in [1.807, 2.05) is 0 Å². The van der Waals surface area contributed by atoms with Crippen molar-refractivity contribution < 1.29 is 17.4 Å². The molecule has 16 heavy (non-hydrogen) atoms.